The highest BCUT2D eigenvalue weighted by Gasteiger charge is 2.07. The third-order valence-corrected chi connectivity index (χ3v) is 3.13. The summed E-state index contributed by atoms with van der Waals surface area (Å²) >= 11 is 6.33. The van der Waals surface area contributed by atoms with E-state index in [0.29, 0.717) is 5.29 Å². The molecule has 0 aliphatic rings. The second-order valence-corrected chi connectivity index (χ2v) is 4.75. The van der Waals surface area contributed by atoms with Gasteiger partial charge in [-0.2, -0.15) is 0 Å². The molecule has 0 spiro atoms. The van der Waals surface area contributed by atoms with Gasteiger partial charge in [-0.25, -0.2) is 4.99 Å². The van der Waals surface area contributed by atoms with E-state index in [-0.39, 0.29) is 0 Å². The largest absolute Gasteiger partial charge is 0.347 e. The van der Waals surface area contributed by atoms with Crippen molar-refractivity contribution in [3.63, 3.8) is 0 Å². The second kappa shape index (κ2) is 8.98. The van der Waals surface area contributed by atoms with Crippen molar-refractivity contribution in [2.24, 2.45) is 4.99 Å². The number of benzene rings is 1. The third-order valence-electron chi connectivity index (χ3n) is 2.80. The van der Waals surface area contributed by atoms with Crippen molar-refractivity contribution in [3.8, 4) is 0 Å². The van der Waals surface area contributed by atoms with Crippen LogP contribution in [0, 0.1) is 0 Å². The predicted molar refractivity (Wildman–Crippen MR) is 80.8 cm³/mol. The van der Waals surface area contributed by atoms with Gasteiger partial charge in [0.1, 0.15) is 0 Å². The fourth-order valence-electron chi connectivity index (χ4n) is 1.67. The molecule has 1 rings (SSSR count). The first-order chi connectivity index (χ1) is 8.77. The van der Waals surface area contributed by atoms with Gasteiger partial charge in [-0.05, 0) is 36.6 Å². The van der Waals surface area contributed by atoms with Crippen LogP contribution in [0.4, 0.5) is 5.69 Å². The average Bonchev–Trinajstić information content (AvgIpc) is 2.40. The zero-order chi connectivity index (χ0) is 13.2. The number of unbranched alkanes of at least 4 members (excludes halogenated alkanes) is 2. The van der Waals surface area contributed by atoms with Crippen LogP contribution in [0.5, 0.6) is 0 Å². The van der Waals surface area contributed by atoms with Gasteiger partial charge in [0.25, 0.3) is 0 Å². The van der Waals surface area contributed by atoms with Crippen LogP contribution in [0.15, 0.2) is 35.3 Å². The van der Waals surface area contributed by atoms with Crippen molar-refractivity contribution in [1.82, 2.24) is 4.90 Å². The Bertz CT molecular complexity index is 341. The van der Waals surface area contributed by atoms with Crippen LogP contribution in [-0.4, -0.2) is 23.3 Å². The molecule has 0 fully saturated rings. The van der Waals surface area contributed by atoms with Crippen LogP contribution in [0.3, 0.4) is 0 Å². The van der Waals surface area contributed by atoms with Gasteiger partial charge in [0, 0.05) is 13.1 Å². The molecule has 0 unspecified atom stereocenters. The molecule has 0 atom stereocenters. The molecule has 0 aliphatic carbocycles. The SMILES string of the molecule is CCCCN(CCCC)C(Cl)=Nc1ccccc1. The van der Waals surface area contributed by atoms with Crippen LogP contribution >= 0.6 is 11.6 Å². The molecule has 0 radical (unpaired) electrons. The van der Waals surface area contributed by atoms with Gasteiger partial charge in [-0.3, -0.25) is 0 Å². The van der Waals surface area contributed by atoms with Crippen LogP contribution in [0.2, 0.25) is 0 Å². The molecule has 100 valence electrons. The summed E-state index contributed by atoms with van der Waals surface area (Å²) in [6, 6.07) is 9.89. The Hall–Kier alpha value is -1.02. The highest BCUT2D eigenvalue weighted by Crippen LogP contribution is 2.13. The number of aliphatic imine (C=N–C) groups is 1. The summed E-state index contributed by atoms with van der Waals surface area (Å²) in [4.78, 5) is 6.66. The van der Waals surface area contributed by atoms with Gasteiger partial charge >= 0.3 is 0 Å². The van der Waals surface area contributed by atoms with Crippen molar-refractivity contribution in [2.75, 3.05) is 13.1 Å². The highest BCUT2D eigenvalue weighted by atomic mass is 35.5. The summed E-state index contributed by atoms with van der Waals surface area (Å²) in [6.45, 7) is 6.37. The van der Waals surface area contributed by atoms with Gasteiger partial charge < -0.3 is 4.90 Å². The minimum absolute atomic E-state index is 0.614. The summed E-state index contributed by atoms with van der Waals surface area (Å²) in [5, 5.41) is 0.614. The Morgan fingerprint density at radius 2 is 1.61 bits per heavy atom. The fraction of sp³-hybridized carbons (Fsp3) is 0.533. The van der Waals surface area contributed by atoms with Crippen molar-refractivity contribution in [3.05, 3.63) is 30.3 Å². The maximum Gasteiger partial charge on any atom is 0.199 e. The van der Waals surface area contributed by atoms with Crippen LogP contribution < -0.4 is 0 Å². The van der Waals surface area contributed by atoms with Gasteiger partial charge in [-0.15, -0.1) is 0 Å². The smallest absolute Gasteiger partial charge is 0.199 e. The third kappa shape index (κ3) is 5.54. The molecule has 0 saturated carbocycles. The Labute approximate surface area is 116 Å². The lowest BCUT2D eigenvalue weighted by Gasteiger charge is -2.22. The molecule has 1 aromatic rings. The molecule has 0 N–H and O–H groups in total. The van der Waals surface area contributed by atoms with Crippen molar-refractivity contribution in [2.45, 2.75) is 39.5 Å². The van der Waals surface area contributed by atoms with Gasteiger partial charge in [-0.1, -0.05) is 44.9 Å². The van der Waals surface area contributed by atoms with E-state index in [1.54, 1.807) is 0 Å². The molecule has 0 amide bonds. The van der Waals surface area contributed by atoms with Crippen LogP contribution in [0.1, 0.15) is 39.5 Å². The number of nitrogens with zero attached hydrogens (tertiary/aromatic N) is 2. The van der Waals surface area contributed by atoms with E-state index >= 15 is 0 Å². The van der Waals surface area contributed by atoms with Gasteiger partial charge in [0.2, 0.25) is 0 Å². The molecule has 18 heavy (non-hydrogen) atoms. The standard InChI is InChI=1S/C15H23ClN2/c1-3-5-12-18(13-6-4-2)15(16)17-14-10-8-7-9-11-14/h7-11H,3-6,12-13H2,1-2H3. The van der Waals surface area contributed by atoms with Crippen LogP contribution in [0.25, 0.3) is 0 Å². The predicted octanol–water partition coefficient (Wildman–Crippen LogP) is 4.82. The zero-order valence-electron chi connectivity index (χ0n) is 11.4. The van der Waals surface area contributed by atoms with E-state index in [9.17, 15) is 0 Å². The van der Waals surface area contributed by atoms with E-state index in [2.05, 4.69) is 23.7 Å². The minimum atomic E-state index is 0.614. The van der Waals surface area contributed by atoms with E-state index in [0.717, 1.165) is 31.6 Å². The lowest BCUT2D eigenvalue weighted by Crippen LogP contribution is -2.29. The van der Waals surface area contributed by atoms with Crippen molar-refractivity contribution in [1.29, 1.82) is 0 Å². The lowest BCUT2D eigenvalue weighted by molar-refractivity contribution is 0.404. The lowest BCUT2D eigenvalue weighted by atomic mass is 10.3. The first kappa shape index (κ1) is 15.0. The molecule has 0 heterocycles. The number of amidine groups is 1. The monoisotopic (exact) mass is 266 g/mol. The molecule has 0 aromatic heterocycles. The molecule has 3 heteroatoms. The zero-order valence-corrected chi connectivity index (χ0v) is 12.2. The number of hydrogen-bond acceptors (Lipinski definition) is 1. The van der Waals surface area contributed by atoms with Crippen molar-refractivity contribution < 1.29 is 0 Å². The highest BCUT2D eigenvalue weighted by molar-refractivity contribution is 6.64. The summed E-state index contributed by atoms with van der Waals surface area (Å²) in [5.41, 5.74) is 0.917. The Kier molecular flexibility index (Phi) is 7.51. The molecule has 0 aliphatic heterocycles. The number of hydrogen-bond donors (Lipinski definition) is 0. The molecule has 0 saturated heterocycles. The Balaban J connectivity index is 2.67. The topological polar surface area (TPSA) is 15.6 Å². The summed E-state index contributed by atoms with van der Waals surface area (Å²) in [6.07, 6.45) is 4.67. The number of para-hydroxylation sites is 1. The Morgan fingerprint density at radius 1 is 1.06 bits per heavy atom. The molecular weight excluding hydrogens is 244 g/mol. The van der Waals surface area contributed by atoms with Crippen LogP contribution in [-0.2, 0) is 0 Å². The maximum atomic E-state index is 6.33. The normalized spacial score (nSPS) is 11.6. The number of halogens is 1. The second-order valence-electron chi connectivity index (χ2n) is 4.41. The maximum absolute atomic E-state index is 6.33. The van der Waals surface area contributed by atoms with E-state index < -0.39 is 0 Å². The summed E-state index contributed by atoms with van der Waals surface area (Å²) < 4.78 is 0. The first-order valence-corrected chi connectivity index (χ1v) is 7.20. The van der Waals surface area contributed by atoms with Gasteiger partial charge in [0.15, 0.2) is 5.29 Å². The van der Waals surface area contributed by atoms with E-state index in [4.69, 9.17) is 11.6 Å². The van der Waals surface area contributed by atoms with E-state index in [1.807, 2.05) is 30.3 Å². The van der Waals surface area contributed by atoms with E-state index in [1.165, 1.54) is 12.8 Å². The first-order valence-electron chi connectivity index (χ1n) is 6.82. The van der Waals surface area contributed by atoms with Crippen molar-refractivity contribution >= 4 is 22.6 Å². The minimum Gasteiger partial charge on any atom is -0.347 e. The fourth-order valence-corrected chi connectivity index (χ4v) is 1.94. The summed E-state index contributed by atoms with van der Waals surface area (Å²) in [7, 11) is 0. The molecule has 2 nitrogen and oxygen atoms in total. The molecule has 1 aromatic carbocycles. The van der Waals surface area contributed by atoms with Gasteiger partial charge in [0.05, 0.1) is 5.69 Å². The summed E-state index contributed by atoms with van der Waals surface area (Å²) in [5.74, 6) is 0. The Morgan fingerprint density at radius 3 is 2.11 bits per heavy atom. The quantitative estimate of drug-likeness (QED) is 0.393. The average molecular weight is 267 g/mol. The number of rotatable bonds is 7. The molecular formula is C15H23ClN2. The molecule has 0 bridgehead atoms.